The van der Waals surface area contributed by atoms with E-state index in [2.05, 4.69) is 5.32 Å². The summed E-state index contributed by atoms with van der Waals surface area (Å²) in [4.78, 5) is 11.2. The molecule has 0 saturated carbocycles. The Morgan fingerprint density at radius 3 is 2.45 bits per heavy atom. The monoisotopic (exact) mass is 313 g/mol. The van der Waals surface area contributed by atoms with Gasteiger partial charge in [0, 0.05) is 14.0 Å². The fraction of sp³-hybridized carbons (Fsp3) is 0.900. The van der Waals surface area contributed by atoms with E-state index in [0.29, 0.717) is 0 Å². The average Bonchev–Trinajstić information content (AvgIpc) is 2.32. The van der Waals surface area contributed by atoms with Crippen LogP contribution in [-0.2, 0) is 28.6 Å². The molecule has 1 heterocycles. The summed E-state index contributed by atoms with van der Waals surface area (Å²) in [6.07, 6.45) is -4.11. The van der Waals surface area contributed by atoms with Crippen LogP contribution in [0.2, 0.25) is 0 Å². The van der Waals surface area contributed by atoms with Crippen molar-refractivity contribution in [2.45, 2.75) is 37.6 Å². The highest BCUT2D eigenvalue weighted by atomic mass is 32.2. The number of carbonyl (C=O) groups excluding carboxylic acids is 1. The summed E-state index contributed by atoms with van der Waals surface area (Å²) in [6, 6.07) is -1.04. The summed E-state index contributed by atoms with van der Waals surface area (Å²) < 4.78 is 37.6. The summed E-state index contributed by atoms with van der Waals surface area (Å²) in [5.41, 5.74) is 0. The summed E-state index contributed by atoms with van der Waals surface area (Å²) in [6.45, 7) is 0.659. The second-order valence-corrected chi connectivity index (χ2v) is 6.04. The van der Waals surface area contributed by atoms with Crippen LogP contribution in [0.15, 0.2) is 0 Å². The fourth-order valence-electron chi connectivity index (χ4n) is 1.97. The van der Waals surface area contributed by atoms with Crippen LogP contribution in [0.4, 0.5) is 0 Å². The topological polar surface area (TPSA) is 131 Å². The molecule has 0 aromatic rings. The zero-order valence-corrected chi connectivity index (χ0v) is 12.2. The van der Waals surface area contributed by atoms with Crippen LogP contribution < -0.4 is 5.32 Å². The average molecular weight is 313 g/mol. The lowest BCUT2D eigenvalue weighted by Gasteiger charge is -2.42. The van der Waals surface area contributed by atoms with Crippen molar-refractivity contribution in [2.75, 3.05) is 20.0 Å². The number of nitrogens with one attached hydrogen (secondary N) is 1. The van der Waals surface area contributed by atoms with Gasteiger partial charge in [-0.25, -0.2) is 0 Å². The van der Waals surface area contributed by atoms with Crippen molar-refractivity contribution in [1.82, 2.24) is 5.32 Å². The van der Waals surface area contributed by atoms with Gasteiger partial charge < -0.3 is 25.0 Å². The largest absolute Gasteiger partial charge is 0.394 e. The van der Waals surface area contributed by atoms with E-state index in [4.69, 9.17) is 18.8 Å². The lowest BCUT2D eigenvalue weighted by atomic mass is 9.97. The third-order valence-corrected chi connectivity index (χ3v) is 3.31. The second-order valence-electron chi connectivity index (χ2n) is 4.44. The van der Waals surface area contributed by atoms with Crippen LogP contribution in [0.25, 0.3) is 0 Å². The molecule has 9 nitrogen and oxygen atoms in total. The van der Waals surface area contributed by atoms with E-state index in [1.165, 1.54) is 14.0 Å². The molecule has 0 aromatic heterocycles. The molecule has 1 fully saturated rings. The number of rotatable bonds is 5. The number of aliphatic hydroxyl groups excluding tert-OH is 2. The Balaban J connectivity index is 3.06. The number of aliphatic hydroxyl groups is 2. The Labute approximate surface area is 116 Å². The number of hydrogen-bond acceptors (Lipinski definition) is 8. The predicted octanol–water partition coefficient (Wildman–Crippen LogP) is -2.44. The van der Waals surface area contributed by atoms with Crippen LogP contribution in [0.5, 0.6) is 0 Å². The maximum Gasteiger partial charge on any atom is 0.264 e. The summed E-state index contributed by atoms with van der Waals surface area (Å²) in [5, 5.41) is 21.5. The lowest BCUT2D eigenvalue weighted by Crippen LogP contribution is -2.65. The minimum Gasteiger partial charge on any atom is -0.394 e. The molecule has 0 aromatic carbocycles. The van der Waals surface area contributed by atoms with Crippen LogP contribution in [-0.4, -0.2) is 75.2 Å². The highest BCUT2D eigenvalue weighted by molar-refractivity contribution is 7.86. The van der Waals surface area contributed by atoms with Crippen LogP contribution in [0.1, 0.15) is 6.92 Å². The van der Waals surface area contributed by atoms with Gasteiger partial charge in [-0.2, -0.15) is 8.42 Å². The molecule has 20 heavy (non-hydrogen) atoms. The van der Waals surface area contributed by atoms with Crippen molar-refractivity contribution in [1.29, 1.82) is 0 Å². The molecule has 1 aliphatic heterocycles. The third kappa shape index (κ3) is 4.36. The van der Waals surface area contributed by atoms with Crippen molar-refractivity contribution in [3.05, 3.63) is 0 Å². The fourth-order valence-corrected chi connectivity index (χ4v) is 2.61. The highest BCUT2D eigenvalue weighted by Crippen LogP contribution is 2.25. The Kier molecular flexibility index (Phi) is 5.86. The maximum absolute atomic E-state index is 11.3. The first kappa shape index (κ1) is 17.3. The molecule has 1 saturated heterocycles. The molecular formula is C10H19NO8S. The van der Waals surface area contributed by atoms with E-state index in [1.807, 2.05) is 0 Å². The predicted molar refractivity (Wildman–Crippen MR) is 66.1 cm³/mol. The van der Waals surface area contributed by atoms with E-state index >= 15 is 0 Å². The Hall–Kier alpha value is -0.780. The number of methoxy groups -OCH3 is 1. The van der Waals surface area contributed by atoms with Crippen molar-refractivity contribution < 1.29 is 37.1 Å². The van der Waals surface area contributed by atoms with Gasteiger partial charge in [0.15, 0.2) is 6.29 Å². The second kappa shape index (κ2) is 6.78. The van der Waals surface area contributed by atoms with Gasteiger partial charge in [-0.15, -0.1) is 0 Å². The zero-order valence-electron chi connectivity index (χ0n) is 11.3. The zero-order chi connectivity index (χ0) is 15.5. The number of hydrogen-bond donors (Lipinski definition) is 3. The number of carbonyl (C=O) groups is 1. The van der Waals surface area contributed by atoms with Crippen LogP contribution in [0, 0.1) is 0 Å². The van der Waals surface area contributed by atoms with Gasteiger partial charge in [-0.3, -0.25) is 8.98 Å². The summed E-state index contributed by atoms with van der Waals surface area (Å²) >= 11 is 0. The normalized spacial score (nSPS) is 34.8. The van der Waals surface area contributed by atoms with Crippen LogP contribution in [0.3, 0.4) is 0 Å². The first-order chi connectivity index (χ1) is 9.19. The lowest BCUT2D eigenvalue weighted by molar-refractivity contribution is -0.257. The van der Waals surface area contributed by atoms with Gasteiger partial charge in [0.1, 0.15) is 24.4 Å². The quantitative estimate of drug-likeness (QED) is 0.477. The number of amides is 1. The number of ether oxygens (including phenoxy) is 2. The summed E-state index contributed by atoms with van der Waals surface area (Å²) in [5.74, 6) is -0.475. The first-order valence-electron chi connectivity index (χ1n) is 5.82. The highest BCUT2D eigenvalue weighted by Gasteiger charge is 2.48. The molecule has 0 radical (unpaired) electrons. The molecule has 1 rings (SSSR count). The smallest absolute Gasteiger partial charge is 0.264 e. The Morgan fingerprint density at radius 2 is 2.05 bits per heavy atom. The Morgan fingerprint density at radius 1 is 1.45 bits per heavy atom. The van der Waals surface area contributed by atoms with Crippen molar-refractivity contribution >= 4 is 16.0 Å². The minimum absolute atomic E-state index is 0.475. The molecule has 0 spiro atoms. The molecule has 10 heteroatoms. The van der Waals surface area contributed by atoms with Gasteiger partial charge in [0.2, 0.25) is 5.91 Å². The summed E-state index contributed by atoms with van der Waals surface area (Å²) in [7, 11) is -2.61. The van der Waals surface area contributed by atoms with E-state index in [9.17, 15) is 18.3 Å². The third-order valence-electron chi connectivity index (χ3n) is 2.74. The van der Waals surface area contributed by atoms with Gasteiger partial charge >= 0.3 is 0 Å². The maximum atomic E-state index is 11.3. The van der Waals surface area contributed by atoms with Crippen molar-refractivity contribution in [2.24, 2.45) is 0 Å². The molecule has 1 amide bonds. The molecular weight excluding hydrogens is 294 g/mol. The van der Waals surface area contributed by atoms with E-state index < -0.39 is 53.3 Å². The van der Waals surface area contributed by atoms with Crippen molar-refractivity contribution in [3.8, 4) is 0 Å². The van der Waals surface area contributed by atoms with E-state index in [1.54, 1.807) is 0 Å². The minimum atomic E-state index is -3.89. The van der Waals surface area contributed by atoms with Gasteiger partial charge in [0.25, 0.3) is 10.1 Å². The molecule has 118 valence electrons. The molecule has 3 N–H and O–H groups in total. The first-order valence-corrected chi connectivity index (χ1v) is 7.63. The van der Waals surface area contributed by atoms with Gasteiger partial charge in [0.05, 0.1) is 12.9 Å². The van der Waals surface area contributed by atoms with Crippen molar-refractivity contribution in [3.63, 3.8) is 0 Å². The van der Waals surface area contributed by atoms with E-state index in [0.717, 1.165) is 6.26 Å². The van der Waals surface area contributed by atoms with Gasteiger partial charge in [-0.1, -0.05) is 0 Å². The standard InChI is InChI=1S/C10H19NO8S/c1-5(13)11-7-9(19-20(3,15)16)8(14)6(4-12)18-10(7)17-2/h6-10,12,14H,4H2,1-3H3,(H,11,13)/t6-,7-,8-,9-,10-/m1/s1. The molecule has 0 aliphatic carbocycles. The molecule has 0 bridgehead atoms. The van der Waals surface area contributed by atoms with Gasteiger partial charge in [-0.05, 0) is 0 Å². The van der Waals surface area contributed by atoms with Crippen LogP contribution >= 0.6 is 0 Å². The molecule has 1 aliphatic rings. The van der Waals surface area contributed by atoms with E-state index in [-0.39, 0.29) is 0 Å². The molecule has 0 unspecified atom stereocenters. The Bertz CT molecular complexity index is 439. The molecule has 5 atom stereocenters. The SMILES string of the molecule is CO[C@@H]1O[C@H](CO)[C@@H](O)[C@H](OS(C)(=O)=O)[C@H]1NC(C)=O.